The first-order valence-corrected chi connectivity index (χ1v) is 9.55. The molecule has 0 fully saturated rings. The average molecular weight is 399 g/mol. The number of carbonyl (C=O) groups is 2. The molecule has 0 saturated heterocycles. The molecule has 0 radical (unpaired) electrons. The number of aryl methyl sites for hydroxylation is 1. The minimum atomic E-state index is -0.899. The summed E-state index contributed by atoms with van der Waals surface area (Å²) < 4.78 is 19.5. The lowest BCUT2D eigenvalue weighted by Crippen LogP contribution is -2.23. The van der Waals surface area contributed by atoms with Crippen LogP contribution in [0.5, 0.6) is 0 Å². The number of nitrogens with one attached hydrogen (secondary N) is 3. The number of methoxy groups -OCH3 is 1. The van der Waals surface area contributed by atoms with Gasteiger partial charge in [-0.3, -0.25) is 4.79 Å². The Labute approximate surface area is 169 Å². The minimum Gasteiger partial charge on any atom is -0.467 e. The molecule has 1 aliphatic heterocycles. The molecule has 2 atom stereocenters. The Morgan fingerprint density at radius 2 is 2.07 bits per heavy atom. The van der Waals surface area contributed by atoms with Crippen molar-refractivity contribution in [2.75, 3.05) is 26.0 Å². The molecule has 1 aliphatic rings. The van der Waals surface area contributed by atoms with Crippen LogP contribution in [0.4, 0.5) is 10.1 Å². The summed E-state index contributed by atoms with van der Waals surface area (Å²) in [5, 5.41) is 8.75. The van der Waals surface area contributed by atoms with Gasteiger partial charge in [0.1, 0.15) is 5.82 Å². The lowest BCUT2D eigenvalue weighted by Gasteiger charge is -2.21. The number of hydrogen-bond acceptors (Lipinski definition) is 5. The SMILES string of the molecule is CNC[C@H](C)c1ccc(C(Nc2cc3c(cc2F)CNC3=O)C(=O)OC)cc1C. The highest BCUT2D eigenvalue weighted by molar-refractivity contribution is 5.99. The zero-order valence-corrected chi connectivity index (χ0v) is 17.1. The van der Waals surface area contributed by atoms with Gasteiger partial charge >= 0.3 is 5.97 Å². The van der Waals surface area contributed by atoms with Crippen molar-refractivity contribution in [3.05, 3.63) is 64.0 Å². The van der Waals surface area contributed by atoms with Gasteiger partial charge in [-0.1, -0.05) is 25.1 Å². The van der Waals surface area contributed by atoms with E-state index in [1.54, 1.807) is 0 Å². The third-order valence-corrected chi connectivity index (χ3v) is 5.28. The second-order valence-electron chi connectivity index (χ2n) is 7.35. The first-order valence-electron chi connectivity index (χ1n) is 9.55. The fraction of sp³-hybridized carbons (Fsp3) is 0.364. The van der Waals surface area contributed by atoms with Crippen molar-refractivity contribution in [2.45, 2.75) is 32.4 Å². The van der Waals surface area contributed by atoms with Gasteiger partial charge in [0.2, 0.25) is 0 Å². The fourth-order valence-electron chi connectivity index (χ4n) is 3.75. The molecule has 1 amide bonds. The number of carbonyl (C=O) groups excluding carboxylic acids is 2. The molecule has 6 nitrogen and oxygen atoms in total. The predicted molar refractivity (Wildman–Crippen MR) is 109 cm³/mol. The first-order chi connectivity index (χ1) is 13.8. The summed E-state index contributed by atoms with van der Waals surface area (Å²) in [4.78, 5) is 24.4. The molecule has 2 aromatic carbocycles. The van der Waals surface area contributed by atoms with Crippen LogP contribution in [0, 0.1) is 12.7 Å². The van der Waals surface area contributed by atoms with Crippen molar-refractivity contribution < 1.29 is 18.7 Å². The number of fused-ring (bicyclic) bond motifs is 1. The van der Waals surface area contributed by atoms with Crippen LogP contribution in [-0.2, 0) is 16.1 Å². The van der Waals surface area contributed by atoms with E-state index in [1.165, 1.54) is 24.8 Å². The van der Waals surface area contributed by atoms with Crippen molar-refractivity contribution in [1.82, 2.24) is 10.6 Å². The van der Waals surface area contributed by atoms with E-state index in [0.29, 0.717) is 29.2 Å². The Bertz CT molecular complexity index is 945. The van der Waals surface area contributed by atoms with Gasteiger partial charge in [-0.2, -0.15) is 0 Å². The summed E-state index contributed by atoms with van der Waals surface area (Å²) in [5.74, 6) is -1.00. The van der Waals surface area contributed by atoms with Gasteiger partial charge in [0.25, 0.3) is 5.91 Å². The van der Waals surface area contributed by atoms with Crippen molar-refractivity contribution in [1.29, 1.82) is 0 Å². The number of likely N-dealkylation sites (N-methyl/N-ethyl adjacent to an activating group) is 1. The molecule has 0 spiro atoms. The number of amides is 1. The number of ether oxygens (including phenoxy) is 1. The second-order valence-corrected chi connectivity index (χ2v) is 7.35. The summed E-state index contributed by atoms with van der Waals surface area (Å²) in [6, 6.07) is 7.60. The van der Waals surface area contributed by atoms with Gasteiger partial charge in [0.05, 0.1) is 12.8 Å². The zero-order chi connectivity index (χ0) is 21.1. The first kappa shape index (κ1) is 20.8. The zero-order valence-electron chi connectivity index (χ0n) is 17.1. The molecule has 3 rings (SSSR count). The van der Waals surface area contributed by atoms with Crippen LogP contribution in [0.15, 0.2) is 30.3 Å². The molecule has 1 heterocycles. The highest BCUT2D eigenvalue weighted by atomic mass is 19.1. The van der Waals surface area contributed by atoms with Crippen molar-refractivity contribution in [2.24, 2.45) is 0 Å². The van der Waals surface area contributed by atoms with E-state index < -0.39 is 17.8 Å². The minimum absolute atomic E-state index is 0.0847. The smallest absolute Gasteiger partial charge is 0.332 e. The lowest BCUT2D eigenvalue weighted by molar-refractivity contribution is -0.141. The Morgan fingerprint density at radius 3 is 2.72 bits per heavy atom. The monoisotopic (exact) mass is 399 g/mol. The van der Waals surface area contributed by atoms with E-state index >= 15 is 0 Å². The van der Waals surface area contributed by atoms with Crippen LogP contribution in [0.3, 0.4) is 0 Å². The summed E-state index contributed by atoms with van der Waals surface area (Å²) >= 11 is 0. The van der Waals surface area contributed by atoms with E-state index in [4.69, 9.17) is 4.74 Å². The maximum atomic E-state index is 14.6. The Kier molecular flexibility index (Phi) is 6.17. The van der Waals surface area contributed by atoms with Crippen LogP contribution in [-0.4, -0.2) is 32.6 Å². The average Bonchev–Trinajstić information content (AvgIpc) is 3.05. The van der Waals surface area contributed by atoms with Gasteiger partial charge in [-0.15, -0.1) is 0 Å². The molecule has 1 unspecified atom stereocenters. The van der Waals surface area contributed by atoms with Gasteiger partial charge in [-0.25, -0.2) is 9.18 Å². The summed E-state index contributed by atoms with van der Waals surface area (Å²) in [7, 11) is 3.20. The second kappa shape index (κ2) is 8.61. The molecule has 154 valence electrons. The third-order valence-electron chi connectivity index (χ3n) is 5.28. The number of benzene rings is 2. The highest BCUT2D eigenvalue weighted by Crippen LogP contribution is 2.29. The van der Waals surface area contributed by atoms with Crippen molar-refractivity contribution in [3.8, 4) is 0 Å². The van der Waals surface area contributed by atoms with Gasteiger partial charge in [0, 0.05) is 18.7 Å². The van der Waals surface area contributed by atoms with Crippen LogP contribution in [0.1, 0.15) is 51.5 Å². The molecule has 2 aromatic rings. The number of rotatable bonds is 7. The van der Waals surface area contributed by atoms with E-state index in [-0.39, 0.29) is 11.6 Å². The molecule has 0 aliphatic carbocycles. The number of halogens is 1. The lowest BCUT2D eigenvalue weighted by atomic mass is 9.92. The molecule has 3 N–H and O–H groups in total. The predicted octanol–water partition coefficient (Wildman–Crippen LogP) is 3.03. The molecule has 0 bridgehead atoms. The summed E-state index contributed by atoms with van der Waals surface area (Å²) in [5.41, 5.74) is 3.97. The number of hydrogen-bond donors (Lipinski definition) is 3. The van der Waals surface area contributed by atoms with E-state index in [0.717, 1.165) is 12.1 Å². The molecule has 0 aromatic heterocycles. The van der Waals surface area contributed by atoms with Crippen LogP contribution in [0.25, 0.3) is 0 Å². The summed E-state index contributed by atoms with van der Waals surface area (Å²) in [6.45, 7) is 5.25. The standard InChI is InChI=1S/C22H26FN3O3/c1-12-7-14(5-6-16(12)13(2)10-24-3)20(22(28)29-4)26-19-9-17-15(8-18(19)23)11-25-21(17)27/h5-9,13,20,24,26H,10-11H2,1-4H3,(H,25,27)/t13-,20?/m0/s1. The van der Waals surface area contributed by atoms with Gasteiger partial charge < -0.3 is 20.7 Å². The Morgan fingerprint density at radius 1 is 1.31 bits per heavy atom. The fourth-order valence-corrected chi connectivity index (χ4v) is 3.75. The van der Waals surface area contributed by atoms with Crippen LogP contribution in [0.2, 0.25) is 0 Å². The summed E-state index contributed by atoms with van der Waals surface area (Å²) in [6.07, 6.45) is 0. The molecular formula is C22H26FN3O3. The third kappa shape index (κ3) is 4.24. The maximum Gasteiger partial charge on any atom is 0.332 e. The molecular weight excluding hydrogens is 373 g/mol. The van der Waals surface area contributed by atoms with E-state index in [1.807, 2.05) is 32.2 Å². The molecule has 0 saturated carbocycles. The van der Waals surface area contributed by atoms with Gasteiger partial charge in [-0.05, 0) is 54.3 Å². The molecule has 7 heteroatoms. The van der Waals surface area contributed by atoms with Crippen molar-refractivity contribution in [3.63, 3.8) is 0 Å². The van der Waals surface area contributed by atoms with E-state index in [2.05, 4.69) is 22.9 Å². The van der Waals surface area contributed by atoms with Crippen LogP contribution >= 0.6 is 0 Å². The van der Waals surface area contributed by atoms with Crippen LogP contribution < -0.4 is 16.0 Å². The largest absolute Gasteiger partial charge is 0.467 e. The normalized spacial score (nSPS) is 14.7. The van der Waals surface area contributed by atoms with Gasteiger partial charge in [0.15, 0.2) is 6.04 Å². The maximum absolute atomic E-state index is 14.6. The number of esters is 1. The quantitative estimate of drug-likeness (QED) is 0.624. The van der Waals surface area contributed by atoms with Crippen molar-refractivity contribution >= 4 is 17.6 Å². The Hall–Kier alpha value is -2.93. The number of anilines is 1. The highest BCUT2D eigenvalue weighted by Gasteiger charge is 2.26. The topological polar surface area (TPSA) is 79.5 Å². The molecule has 29 heavy (non-hydrogen) atoms. The Balaban J connectivity index is 1.94. The van der Waals surface area contributed by atoms with E-state index in [9.17, 15) is 14.0 Å².